The lowest BCUT2D eigenvalue weighted by atomic mass is 10.1. The number of nitrogens with two attached hydrogens (primary N) is 1. The fourth-order valence-corrected chi connectivity index (χ4v) is 1.54. The molecule has 0 radical (unpaired) electrons. The number of rotatable bonds is 4. The average molecular weight is 269 g/mol. The number of ether oxygens (including phenoxy) is 1. The van der Waals surface area contributed by atoms with Gasteiger partial charge >= 0.3 is 6.09 Å². The summed E-state index contributed by atoms with van der Waals surface area (Å²) in [7, 11) is 0. The number of nitrogens with zero attached hydrogens (tertiary/aromatic N) is 4. The summed E-state index contributed by atoms with van der Waals surface area (Å²) in [6.07, 6.45) is -0.873. The molecule has 1 unspecified atom stereocenters. The molecule has 9 heteroatoms. The van der Waals surface area contributed by atoms with E-state index in [1.807, 2.05) is 0 Å². The first kappa shape index (κ1) is 12.9. The van der Waals surface area contributed by atoms with Crippen molar-refractivity contribution in [2.24, 2.45) is 5.73 Å². The summed E-state index contributed by atoms with van der Waals surface area (Å²) in [6.45, 7) is -0.0432. The Bertz CT molecular complexity index is 575. The molecule has 1 atom stereocenters. The van der Waals surface area contributed by atoms with Gasteiger partial charge in [-0.2, -0.15) is 0 Å². The molecule has 1 amide bonds. The van der Waals surface area contributed by atoms with Crippen LogP contribution >= 0.6 is 0 Å². The minimum atomic E-state index is -1.08. The van der Waals surface area contributed by atoms with Gasteiger partial charge in [0.2, 0.25) is 0 Å². The SMILES string of the molecule is NC(=O)OC(Cn1cnnn1)c1ccc(F)cc1F. The van der Waals surface area contributed by atoms with E-state index in [4.69, 9.17) is 10.5 Å². The largest absolute Gasteiger partial charge is 0.439 e. The Morgan fingerprint density at radius 3 is 2.84 bits per heavy atom. The summed E-state index contributed by atoms with van der Waals surface area (Å²) < 4.78 is 32.5. The van der Waals surface area contributed by atoms with Gasteiger partial charge in [-0.05, 0) is 22.6 Å². The van der Waals surface area contributed by atoms with Gasteiger partial charge in [0, 0.05) is 11.6 Å². The van der Waals surface area contributed by atoms with Crippen LogP contribution in [0.5, 0.6) is 0 Å². The van der Waals surface area contributed by atoms with Crippen molar-refractivity contribution in [3.8, 4) is 0 Å². The maximum Gasteiger partial charge on any atom is 0.405 e. The highest BCUT2D eigenvalue weighted by molar-refractivity contribution is 5.65. The molecule has 100 valence electrons. The van der Waals surface area contributed by atoms with Crippen LogP contribution in [-0.2, 0) is 11.3 Å². The Balaban J connectivity index is 2.28. The maximum atomic E-state index is 13.6. The first-order chi connectivity index (χ1) is 9.06. The van der Waals surface area contributed by atoms with Gasteiger partial charge in [0.1, 0.15) is 18.0 Å². The fourth-order valence-electron chi connectivity index (χ4n) is 1.54. The number of tetrazole rings is 1. The van der Waals surface area contributed by atoms with Gasteiger partial charge in [-0.3, -0.25) is 0 Å². The lowest BCUT2D eigenvalue weighted by Gasteiger charge is -2.17. The van der Waals surface area contributed by atoms with Crippen molar-refractivity contribution in [2.45, 2.75) is 12.6 Å². The third-order valence-electron chi connectivity index (χ3n) is 2.31. The second kappa shape index (κ2) is 5.38. The van der Waals surface area contributed by atoms with Gasteiger partial charge in [0.25, 0.3) is 0 Å². The van der Waals surface area contributed by atoms with Crippen LogP contribution in [0.2, 0.25) is 0 Å². The van der Waals surface area contributed by atoms with E-state index in [1.54, 1.807) is 0 Å². The van der Waals surface area contributed by atoms with E-state index in [0.29, 0.717) is 6.07 Å². The molecule has 0 aliphatic carbocycles. The molecule has 2 rings (SSSR count). The van der Waals surface area contributed by atoms with Crippen LogP contribution < -0.4 is 5.73 Å². The van der Waals surface area contributed by atoms with E-state index in [-0.39, 0.29) is 12.1 Å². The van der Waals surface area contributed by atoms with Crippen LogP contribution in [-0.4, -0.2) is 26.3 Å². The van der Waals surface area contributed by atoms with E-state index >= 15 is 0 Å². The molecule has 1 aromatic heterocycles. The van der Waals surface area contributed by atoms with Crippen molar-refractivity contribution in [2.75, 3.05) is 0 Å². The number of carbonyl (C=O) groups is 1. The normalized spacial score (nSPS) is 12.1. The summed E-state index contributed by atoms with van der Waals surface area (Å²) in [4.78, 5) is 10.8. The monoisotopic (exact) mass is 269 g/mol. The van der Waals surface area contributed by atoms with E-state index in [9.17, 15) is 13.6 Å². The predicted octanol–water partition coefficient (Wildman–Crippen LogP) is 0.788. The zero-order valence-electron chi connectivity index (χ0n) is 9.53. The molecule has 1 aromatic carbocycles. The number of primary amides is 1. The number of halogens is 2. The molecule has 7 nitrogen and oxygen atoms in total. The van der Waals surface area contributed by atoms with Crippen molar-refractivity contribution in [3.05, 3.63) is 41.7 Å². The quantitative estimate of drug-likeness (QED) is 0.885. The topological polar surface area (TPSA) is 95.9 Å². The molecule has 0 fully saturated rings. The molecular formula is C10H9F2N5O2. The Hall–Kier alpha value is -2.58. The highest BCUT2D eigenvalue weighted by atomic mass is 19.1. The summed E-state index contributed by atoms with van der Waals surface area (Å²) in [5.41, 5.74) is 4.90. The predicted molar refractivity (Wildman–Crippen MR) is 57.6 cm³/mol. The number of hydrogen-bond donors (Lipinski definition) is 1. The molecule has 0 saturated heterocycles. The van der Waals surface area contributed by atoms with Crippen molar-refractivity contribution in [1.29, 1.82) is 0 Å². The molecule has 2 N–H and O–H groups in total. The zero-order chi connectivity index (χ0) is 13.8. The van der Waals surface area contributed by atoms with E-state index < -0.39 is 23.8 Å². The molecule has 1 heterocycles. The van der Waals surface area contributed by atoms with Gasteiger partial charge in [0.15, 0.2) is 6.10 Å². The van der Waals surface area contributed by atoms with Crippen LogP contribution in [0.25, 0.3) is 0 Å². The Labute approximate surface area is 106 Å². The lowest BCUT2D eigenvalue weighted by molar-refractivity contribution is 0.0907. The van der Waals surface area contributed by atoms with E-state index in [2.05, 4.69) is 15.5 Å². The molecule has 0 bridgehead atoms. The average Bonchev–Trinajstić information content (AvgIpc) is 2.80. The summed E-state index contributed by atoms with van der Waals surface area (Å²) in [5, 5.41) is 10.3. The summed E-state index contributed by atoms with van der Waals surface area (Å²) in [5.74, 6) is -1.58. The Morgan fingerprint density at radius 1 is 1.47 bits per heavy atom. The van der Waals surface area contributed by atoms with Gasteiger partial charge in [-0.1, -0.05) is 0 Å². The van der Waals surface area contributed by atoms with Gasteiger partial charge in [-0.15, -0.1) is 5.10 Å². The first-order valence-corrected chi connectivity index (χ1v) is 5.18. The van der Waals surface area contributed by atoms with Gasteiger partial charge in [-0.25, -0.2) is 18.3 Å². The third kappa shape index (κ3) is 3.21. The smallest absolute Gasteiger partial charge is 0.405 e. The van der Waals surface area contributed by atoms with E-state index in [0.717, 1.165) is 6.07 Å². The first-order valence-electron chi connectivity index (χ1n) is 5.18. The Kier molecular flexibility index (Phi) is 3.64. The molecule has 19 heavy (non-hydrogen) atoms. The van der Waals surface area contributed by atoms with Crippen LogP contribution in [0.3, 0.4) is 0 Å². The number of amides is 1. The number of benzene rings is 1. The van der Waals surface area contributed by atoms with E-state index in [1.165, 1.54) is 17.1 Å². The number of aromatic nitrogens is 4. The van der Waals surface area contributed by atoms with Crippen molar-refractivity contribution >= 4 is 6.09 Å². The highest BCUT2D eigenvalue weighted by Gasteiger charge is 2.21. The van der Waals surface area contributed by atoms with Crippen LogP contribution in [0.4, 0.5) is 13.6 Å². The summed E-state index contributed by atoms with van der Waals surface area (Å²) in [6, 6.07) is 2.91. The zero-order valence-corrected chi connectivity index (χ0v) is 9.53. The minimum Gasteiger partial charge on any atom is -0.439 e. The lowest BCUT2D eigenvalue weighted by Crippen LogP contribution is -2.22. The number of hydrogen-bond acceptors (Lipinski definition) is 5. The standard InChI is InChI=1S/C10H9F2N5O2/c11-6-1-2-7(8(12)3-6)9(19-10(13)18)4-17-5-14-15-16-17/h1-3,5,9H,4H2,(H2,13,18). The third-order valence-corrected chi connectivity index (χ3v) is 2.31. The van der Waals surface area contributed by atoms with Gasteiger partial charge < -0.3 is 10.5 Å². The summed E-state index contributed by atoms with van der Waals surface area (Å²) >= 11 is 0. The molecular weight excluding hydrogens is 260 g/mol. The van der Waals surface area contributed by atoms with Crippen LogP contribution in [0.1, 0.15) is 11.7 Å². The fraction of sp³-hybridized carbons (Fsp3) is 0.200. The number of carbonyl (C=O) groups excluding carboxylic acids is 1. The van der Waals surface area contributed by atoms with Crippen molar-refractivity contribution in [3.63, 3.8) is 0 Å². The van der Waals surface area contributed by atoms with Crippen LogP contribution in [0.15, 0.2) is 24.5 Å². The Morgan fingerprint density at radius 2 is 2.26 bits per heavy atom. The maximum absolute atomic E-state index is 13.6. The molecule has 2 aromatic rings. The second-order valence-electron chi connectivity index (χ2n) is 3.62. The molecule has 0 aliphatic rings. The molecule has 0 saturated carbocycles. The van der Waals surface area contributed by atoms with Gasteiger partial charge in [0.05, 0.1) is 6.54 Å². The van der Waals surface area contributed by atoms with Crippen LogP contribution in [0, 0.1) is 11.6 Å². The highest BCUT2D eigenvalue weighted by Crippen LogP contribution is 2.23. The van der Waals surface area contributed by atoms with Crippen molar-refractivity contribution < 1.29 is 18.3 Å². The van der Waals surface area contributed by atoms with Crippen molar-refractivity contribution in [1.82, 2.24) is 20.2 Å². The minimum absolute atomic E-state index is 0.0179. The molecule has 0 spiro atoms. The molecule has 0 aliphatic heterocycles. The second-order valence-corrected chi connectivity index (χ2v) is 3.62.